The monoisotopic (exact) mass is 413 g/mol. The van der Waals surface area contributed by atoms with Crippen LogP contribution >= 0.6 is 11.8 Å². The molecule has 1 saturated heterocycles. The van der Waals surface area contributed by atoms with Crippen molar-refractivity contribution in [2.45, 2.75) is 31.6 Å². The predicted molar refractivity (Wildman–Crippen MR) is 111 cm³/mol. The van der Waals surface area contributed by atoms with Gasteiger partial charge in [0.05, 0.1) is 24.8 Å². The van der Waals surface area contributed by atoms with Crippen LogP contribution < -0.4 is 4.74 Å². The molecule has 7 heteroatoms. The minimum Gasteiger partial charge on any atom is -0.466 e. The fourth-order valence-electron chi connectivity index (χ4n) is 2.94. The molecule has 0 aliphatic carbocycles. The number of likely N-dealkylation sites (tertiary alicyclic amines) is 1. The highest BCUT2D eigenvalue weighted by molar-refractivity contribution is 8.00. The van der Waals surface area contributed by atoms with Crippen molar-refractivity contribution in [1.82, 2.24) is 4.90 Å². The third kappa shape index (κ3) is 5.84. The van der Waals surface area contributed by atoms with Gasteiger partial charge in [-0.3, -0.25) is 19.3 Å². The van der Waals surface area contributed by atoms with Crippen LogP contribution in [0.2, 0.25) is 0 Å². The molecule has 1 aliphatic rings. The fourth-order valence-corrected chi connectivity index (χ4v) is 4.04. The number of benzene rings is 2. The predicted octanol–water partition coefficient (Wildman–Crippen LogP) is 3.79. The fraction of sp³-hybridized carbons (Fsp3) is 0.318. The van der Waals surface area contributed by atoms with E-state index < -0.39 is 5.25 Å². The van der Waals surface area contributed by atoms with Crippen molar-refractivity contribution in [2.75, 3.05) is 12.4 Å². The average Bonchev–Trinajstić information content (AvgIpc) is 2.98. The molecule has 0 spiro atoms. The lowest BCUT2D eigenvalue weighted by Crippen LogP contribution is -2.30. The summed E-state index contributed by atoms with van der Waals surface area (Å²) in [5.74, 6) is 1.22. The van der Waals surface area contributed by atoms with Crippen LogP contribution in [0, 0.1) is 0 Å². The van der Waals surface area contributed by atoms with Crippen molar-refractivity contribution < 1.29 is 23.9 Å². The van der Waals surface area contributed by atoms with Crippen LogP contribution in [0.4, 0.5) is 0 Å². The van der Waals surface area contributed by atoms with Gasteiger partial charge in [-0.15, -0.1) is 11.8 Å². The number of rotatable bonds is 9. The minimum atomic E-state index is -0.433. The third-order valence-corrected chi connectivity index (χ3v) is 5.59. The summed E-state index contributed by atoms with van der Waals surface area (Å²) in [7, 11) is 0. The molecule has 0 bridgehead atoms. The molecule has 152 valence electrons. The number of amides is 2. The first-order chi connectivity index (χ1) is 14.1. The molecule has 1 fully saturated rings. The van der Waals surface area contributed by atoms with Crippen molar-refractivity contribution in [1.29, 1.82) is 0 Å². The Labute approximate surface area is 174 Å². The highest BCUT2D eigenvalue weighted by atomic mass is 32.2. The first kappa shape index (κ1) is 20.9. The first-order valence-corrected chi connectivity index (χ1v) is 10.5. The Morgan fingerprint density at radius 2 is 1.76 bits per heavy atom. The number of esters is 1. The van der Waals surface area contributed by atoms with Gasteiger partial charge in [-0.1, -0.05) is 30.3 Å². The van der Waals surface area contributed by atoms with Crippen molar-refractivity contribution in [3.05, 3.63) is 60.2 Å². The number of hydrogen-bond acceptors (Lipinski definition) is 6. The van der Waals surface area contributed by atoms with Crippen LogP contribution in [0.1, 0.15) is 25.3 Å². The Hall–Kier alpha value is -2.80. The Kier molecular flexibility index (Phi) is 7.30. The standard InChI is InChI=1S/C22H23NO5S/c1-2-27-21(25)12-13-29-19-14-20(24)23(22(19)26)15-16-8-10-18(11-9-16)28-17-6-4-3-5-7-17/h3-11,19H,2,12-15H2,1H3. The second-order valence-corrected chi connectivity index (χ2v) is 7.81. The lowest BCUT2D eigenvalue weighted by atomic mass is 10.2. The molecule has 1 heterocycles. The van der Waals surface area contributed by atoms with E-state index in [1.165, 1.54) is 16.7 Å². The van der Waals surface area contributed by atoms with E-state index in [-0.39, 0.29) is 37.2 Å². The molecule has 0 N–H and O–H groups in total. The van der Waals surface area contributed by atoms with E-state index >= 15 is 0 Å². The Morgan fingerprint density at radius 3 is 2.45 bits per heavy atom. The normalized spacial score (nSPS) is 16.2. The summed E-state index contributed by atoms with van der Waals surface area (Å²) in [6.07, 6.45) is 0.404. The number of carbonyl (C=O) groups is 3. The lowest BCUT2D eigenvalue weighted by Gasteiger charge is -2.15. The molecule has 6 nitrogen and oxygen atoms in total. The van der Waals surface area contributed by atoms with Gasteiger partial charge in [0.25, 0.3) is 0 Å². The molecule has 1 unspecified atom stereocenters. The Morgan fingerprint density at radius 1 is 1.07 bits per heavy atom. The van der Waals surface area contributed by atoms with Gasteiger partial charge in [0, 0.05) is 12.2 Å². The molecule has 2 aromatic rings. The molecule has 0 saturated carbocycles. The molecular weight excluding hydrogens is 390 g/mol. The van der Waals surface area contributed by atoms with Gasteiger partial charge >= 0.3 is 5.97 Å². The van der Waals surface area contributed by atoms with Gasteiger partial charge in [0.15, 0.2) is 0 Å². The Bertz CT molecular complexity index is 853. The summed E-state index contributed by atoms with van der Waals surface area (Å²) in [6.45, 7) is 2.33. The van der Waals surface area contributed by atoms with Crippen molar-refractivity contribution in [3.8, 4) is 11.5 Å². The van der Waals surface area contributed by atoms with Crippen molar-refractivity contribution in [2.24, 2.45) is 0 Å². The van der Waals surface area contributed by atoms with Gasteiger partial charge in [-0.2, -0.15) is 0 Å². The molecular formula is C22H23NO5S. The topological polar surface area (TPSA) is 72.9 Å². The van der Waals surface area contributed by atoms with Crippen LogP contribution in [0.25, 0.3) is 0 Å². The van der Waals surface area contributed by atoms with Crippen LogP contribution in [0.15, 0.2) is 54.6 Å². The summed E-state index contributed by atoms with van der Waals surface area (Å²) in [5.41, 5.74) is 0.851. The van der Waals surface area contributed by atoms with E-state index in [4.69, 9.17) is 9.47 Å². The zero-order valence-electron chi connectivity index (χ0n) is 16.2. The number of thioether (sulfide) groups is 1. The maximum atomic E-state index is 12.6. The smallest absolute Gasteiger partial charge is 0.306 e. The second-order valence-electron chi connectivity index (χ2n) is 6.50. The maximum Gasteiger partial charge on any atom is 0.306 e. The number of carbonyl (C=O) groups excluding carboxylic acids is 3. The van der Waals surface area contributed by atoms with E-state index in [1.807, 2.05) is 54.6 Å². The highest BCUT2D eigenvalue weighted by Gasteiger charge is 2.38. The van der Waals surface area contributed by atoms with Crippen molar-refractivity contribution in [3.63, 3.8) is 0 Å². The molecule has 2 amide bonds. The summed E-state index contributed by atoms with van der Waals surface area (Å²) in [4.78, 5) is 37.5. The van der Waals surface area contributed by atoms with E-state index in [0.29, 0.717) is 18.1 Å². The number of imide groups is 1. The summed E-state index contributed by atoms with van der Waals surface area (Å²) in [5, 5.41) is -0.433. The minimum absolute atomic E-state index is 0.168. The third-order valence-electron chi connectivity index (χ3n) is 4.38. The van der Waals surface area contributed by atoms with Crippen LogP contribution in [-0.4, -0.2) is 40.3 Å². The van der Waals surface area contributed by atoms with Crippen LogP contribution in [-0.2, 0) is 25.7 Å². The number of nitrogens with zero attached hydrogens (tertiary/aromatic N) is 1. The van der Waals surface area contributed by atoms with Gasteiger partial charge in [0.1, 0.15) is 11.5 Å². The number of para-hydroxylation sites is 1. The number of hydrogen-bond donors (Lipinski definition) is 0. The number of ether oxygens (including phenoxy) is 2. The molecule has 1 aliphatic heterocycles. The summed E-state index contributed by atoms with van der Waals surface area (Å²) < 4.78 is 10.6. The second kappa shape index (κ2) is 10.1. The summed E-state index contributed by atoms with van der Waals surface area (Å²) in [6, 6.07) is 16.8. The molecule has 1 atom stereocenters. The SMILES string of the molecule is CCOC(=O)CCSC1CC(=O)N(Cc2ccc(Oc3ccccc3)cc2)C1=O. The Balaban J connectivity index is 1.52. The zero-order chi connectivity index (χ0) is 20.6. The average molecular weight is 413 g/mol. The van der Waals surface area contributed by atoms with Gasteiger partial charge in [-0.05, 0) is 36.8 Å². The van der Waals surface area contributed by atoms with Crippen LogP contribution in [0.3, 0.4) is 0 Å². The van der Waals surface area contributed by atoms with Crippen molar-refractivity contribution >= 4 is 29.5 Å². The molecule has 0 aromatic heterocycles. The molecule has 29 heavy (non-hydrogen) atoms. The van der Waals surface area contributed by atoms with Crippen LogP contribution in [0.5, 0.6) is 11.5 Å². The van der Waals surface area contributed by atoms with E-state index in [2.05, 4.69) is 0 Å². The van der Waals surface area contributed by atoms with Gasteiger partial charge < -0.3 is 9.47 Å². The van der Waals surface area contributed by atoms with E-state index in [1.54, 1.807) is 6.92 Å². The largest absolute Gasteiger partial charge is 0.466 e. The lowest BCUT2D eigenvalue weighted by molar-refractivity contribution is -0.143. The molecule has 2 aromatic carbocycles. The van der Waals surface area contributed by atoms with Gasteiger partial charge in [-0.25, -0.2) is 0 Å². The van der Waals surface area contributed by atoms with E-state index in [9.17, 15) is 14.4 Å². The van der Waals surface area contributed by atoms with E-state index in [0.717, 1.165) is 11.3 Å². The van der Waals surface area contributed by atoms with Gasteiger partial charge in [0.2, 0.25) is 11.8 Å². The molecule has 3 rings (SSSR count). The highest BCUT2D eigenvalue weighted by Crippen LogP contribution is 2.28. The summed E-state index contributed by atoms with van der Waals surface area (Å²) >= 11 is 1.34. The quantitative estimate of drug-likeness (QED) is 0.460. The zero-order valence-corrected chi connectivity index (χ0v) is 17.0. The first-order valence-electron chi connectivity index (χ1n) is 9.50. The maximum absolute atomic E-state index is 12.6. The molecule has 0 radical (unpaired) electrons.